The third-order valence-corrected chi connectivity index (χ3v) is 6.39. The predicted molar refractivity (Wildman–Crippen MR) is 141 cm³/mol. The minimum Gasteiger partial charge on any atom is -0.364 e. The second-order valence-electron chi connectivity index (χ2n) is 9.15. The number of fused-ring (bicyclic) bond motifs is 1. The number of hydrogen-bond donors (Lipinski definition) is 3. The lowest BCUT2D eigenvalue weighted by molar-refractivity contribution is -0.117. The number of nitrogens with zero attached hydrogens (tertiary/aromatic N) is 6. The Bertz CT molecular complexity index is 1530. The summed E-state index contributed by atoms with van der Waals surface area (Å²) in [6, 6.07) is 4.93. The van der Waals surface area contributed by atoms with E-state index >= 15 is 0 Å². The number of likely N-dealkylation sites (tertiary alicyclic amines) is 1. The maximum atomic E-state index is 13.1. The Kier molecular flexibility index (Phi) is 7.05. The van der Waals surface area contributed by atoms with E-state index in [1.54, 1.807) is 37.5 Å². The molecule has 4 aromatic heterocycles. The second kappa shape index (κ2) is 10.7. The molecule has 1 aliphatic heterocycles. The standard InChI is InChI=1S/C26H27N9O3/c1-16-20(10-18(11-29-16)32-24(36)15-34-7-3-2-4-8-34)33-26(38)19-12-31-35-14-22(30-13-23(19)35)17-5-6-28-21(9-17)25(27)37/h5-6,9-14H,2-4,7-8,15H2,1H3,(H2,27,37)(H,32,36)(H,33,38). The van der Waals surface area contributed by atoms with E-state index in [9.17, 15) is 14.4 Å². The first-order valence-corrected chi connectivity index (χ1v) is 12.3. The zero-order valence-corrected chi connectivity index (χ0v) is 20.8. The molecule has 1 fully saturated rings. The number of pyridine rings is 2. The molecule has 4 N–H and O–H groups in total. The van der Waals surface area contributed by atoms with Crippen LogP contribution in [0, 0.1) is 6.92 Å². The van der Waals surface area contributed by atoms with Gasteiger partial charge in [-0.15, -0.1) is 0 Å². The number of aryl methyl sites for hydroxylation is 1. The summed E-state index contributed by atoms with van der Waals surface area (Å²) in [7, 11) is 0. The van der Waals surface area contributed by atoms with Crippen LogP contribution in [-0.2, 0) is 4.79 Å². The van der Waals surface area contributed by atoms with Gasteiger partial charge in [0.1, 0.15) is 5.69 Å². The number of rotatable bonds is 7. The van der Waals surface area contributed by atoms with Gasteiger partial charge in [-0.2, -0.15) is 5.10 Å². The fraction of sp³-hybridized carbons (Fsp3) is 0.269. The molecule has 5 heterocycles. The van der Waals surface area contributed by atoms with Gasteiger partial charge in [-0.3, -0.25) is 34.2 Å². The maximum absolute atomic E-state index is 13.1. The quantitative estimate of drug-likeness (QED) is 0.339. The van der Waals surface area contributed by atoms with E-state index < -0.39 is 11.8 Å². The fourth-order valence-corrected chi connectivity index (χ4v) is 4.37. The van der Waals surface area contributed by atoms with E-state index in [1.165, 1.54) is 29.5 Å². The van der Waals surface area contributed by atoms with Gasteiger partial charge < -0.3 is 16.4 Å². The fourth-order valence-electron chi connectivity index (χ4n) is 4.37. The summed E-state index contributed by atoms with van der Waals surface area (Å²) in [4.78, 5) is 51.9. The van der Waals surface area contributed by atoms with Gasteiger partial charge >= 0.3 is 0 Å². The number of nitrogens with one attached hydrogen (secondary N) is 2. The predicted octanol–water partition coefficient (Wildman–Crippen LogP) is 2.27. The van der Waals surface area contributed by atoms with Crippen LogP contribution in [0.15, 0.2) is 49.2 Å². The molecule has 12 nitrogen and oxygen atoms in total. The van der Waals surface area contributed by atoms with E-state index in [4.69, 9.17) is 5.73 Å². The average Bonchev–Trinajstić information content (AvgIpc) is 3.35. The SMILES string of the molecule is Cc1ncc(NC(=O)CN2CCCCC2)cc1NC(=O)c1cnn2cc(-c3ccnc(C(N)=O)c3)ncc12. The number of nitrogens with two attached hydrogens (primary N) is 1. The van der Waals surface area contributed by atoms with Crippen LogP contribution in [0.3, 0.4) is 0 Å². The highest BCUT2D eigenvalue weighted by molar-refractivity contribution is 6.09. The summed E-state index contributed by atoms with van der Waals surface area (Å²) in [5.74, 6) is -1.14. The number of carbonyl (C=O) groups is 3. The largest absolute Gasteiger partial charge is 0.364 e. The van der Waals surface area contributed by atoms with Crippen LogP contribution in [0.1, 0.15) is 45.8 Å². The van der Waals surface area contributed by atoms with Crippen LogP contribution in [-0.4, -0.2) is 66.8 Å². The minimum absolute atomic E-state index is 0.114. The van der Waals surface area contributed by atoms with Crippen molar-refractivity contribution in [1.82, 2.24) is 29.5 Å². The molecule has 3 amide bonds. The Morgan fingerprint density at radius 1 is 1.00 bits per heavy atom. The van der Waals surface area contributed by atoms with Crippen LogP contribution >= 0.6 is 0 Å². The molecule has 4 aromatic rings. The van der Waals surface area contributed by atoms with Crippen molar-refractivity contribution in [3.8, 4) is 11.3 Å². The van der Waals surface area contributed by atoms with Crippen molar-refractivity contribution in [1.29, 1.82) is 0 Å². The van der Waals surface area contributed by atoms with E-state index in [0.717, 1.165) is 25.9 Å². The van der Waals surface area contributed by atoms with Crippen LogP contribution in [0.4, 0.5) is 11.4 Å². The third-order valence-electron chi connectivity index (χ3n) is 6.39. The van der Waals surface area contributed by atoms with Gasteiger partial charge in [-0.1, -0.05) is 6.42 Å². The summed E-state index contributed by atoms with van der Waals surface area (Å²) in [5.41, 5.74) is 9.01. The average molecular weight is 514 g/mol. The molecule has 194 valence electrons. The van der Waals surface area contributed by atoms with Crippen molar-refractivity contribution >= 4 is 34.6 Å². The lowest BCUT2D eigenvalue weighted by atomic mass is 10.1. The summed E-state index contributed by atoms with van der Waals surface area (Å²) in [5, 5.41) is 10.0. The van der Waals surface area contributed by atoms with Crippen LogP contribution in [0.2, 0.25) is 0 Å². The van der Waals surface area contributed by atoms with Crippen molar-refractivity contribution < 1.29 is 14.4 Å². The molecule has 38 heavy (non-hydrogen) atoms. The highest BCUT2D eigenvalue weighted by Gasteiger charge is 2.18. The number of carbonyl (C=O) groups excluding carboxylic acids is 3. The van der Waals surface area contributed by atoms with Gasteiger partial charge in [0.25, 0.3) is 11.8 Å². The molecular weight excluding hydrogens is 486 g/mol. The Labute approximate surface area is 218 Å². The molecule has 0 atom stereocenters. The normalized spacial score (nSPS) is 13.8. The topological polar surface area (TPSA) is 160 Å². The minimum atomic E-state index is -0.638. The molecule has 0 unspecified atom stereocenters. The van der Waals surface area contributed by atoms with Gasteiger partial charge in [-0.05, 0) is 51.1 Å². The smallest absolute Gasteiger partial charge is 0.267 e. The zero-order valence-electron chi connectivity index (χ0n) is 20.8. The van der Waals surface area contributed by atoms with Gasteiger partial charge in [0.2, 0.25) is 5.91 Å². The molecule has 12 heteroatoms. The van der Waals surface area contributed by atoms with Crippen LogP contribution in [0.5, 0.6) is 0 Å². The zero-order chi connectivity index (χ0) is 26.6. The monoisotopic (exact) mass is 513 g/mol. The summed E-state index contributed by atoms with van der Waals surface area (Å²) < 4.78 is 1.53. The lowest BCUT2D eigenvalue weighted by Gasteiger charge is -2.25. The maximum Gasteiger partial charge on any atom is 0.267 e. The van der Waals surface area contributed by atoms with Crippen molar-refractivity contribution in [3.63, 3.8) is 0 Å². The van der Waals surface area contributed by atoms with Gasteiger partial charge in [0.05, 0.1) is 65.2 Å². The molecule has 0 saturated carbocycles. The highest BCUT2D eigenvalue weighted by atomic mass is 16.2. The Balaban J connectivity index is 1.31. The Morgan fingerprint density at radius 2 is 1.82 bits per heavy atom. The van der Waals surface area contributed by atoms with E-state index in [-0.39, 0.29) is 11.6 Å². The summed E-state index contributed by atoms with van der Waals surface area (Å²) in [6.45, 7) is 3.95. The molecule has 0 bridgehead atoms. The number of amides is 3. The lowest BCUT2D eigenvalue weighted by Crippen LogP contribution is -2.36. The number of anilines is 2. The van der Waals surface area contributed by atoms with Gasteiger partial charge in [-0.25, -0.2) is 4.52 Å². The van der Waals surface area contributed by atoms with Crippen molar-refractivity contribution in [3.05, 3.63) is 66.1 Å². The molecule has 0 aliphatic carbocycles. The van der Waals surface area contributed by atoms with Crippen LogP contribution in [0.25, 0.3) is 16.8 Å². The molecule has 5 rings (SSSR count). The Morgan fingerprint density at radius 3 is 2.61 bits per heavy atom. The van der Waals surface area contributed by atoms with Crippen molar-refractivity contribution in [2.45, 2.75) is 26.2 Å². The first-order chi connectivity index (χ1) is 18.4. The molecule has 0 radical (unpaired) electrons. The second-order valence-corrected chi connectivity index (χ2v) is 9.15. The van der Waals surface area contributed by atoms with E-state index in [0.29, 0.717) is 46.0 Å². The molecule has 1 aliphatic rings. The number of piperidine rings is 1. The van der Waals surface area contributed by atoms with Crippen molar-refractivity contribution in [2.75, 3.05) is 30.3 Å². The molecule has 0 spiro atoms. The van der Waals surface area contributed by atoms with Gasteiger partial charge in [0.15, 0.2) is 0 Å². The Hall–Kier alpha value is -4.71. The first-order valence-electron chi connectivity index (χ1n) is 12.3. The molecule has 1 saturated heterocycles. The molecular formula is C26H27N9O3. The first kappa shape index (κ1) is 25.0. The molecule has 0 aromatic carbocycles. The van der Waals surface area contributed by atoms with Crippen LogP contribution < -0.4 is 16.4 Å². The summed E-state index contributed by atoms with van der Waals surface area (Å²) in [6.07, 6.45) is 11.1. The third kappa shape index (κ3) is 5.49. The number of aromatic nitrogens is 5. The number of hydrogen-bond acceptors (Lipinski definition) is 8. The van der Waals surface area contributed by atoms with Gasteiger partial charge in [0, 0.05) is 11.8 Å². The highest BCUT2D eigenvalue weighted by Crippen LogP contribution is 2.22. The van der Waals surface area contributed by atoms with Crippen molar-refractivity contribution in [2.24, 2.45) is 5.73 Å². The van der Waals surface area contributed by atoms with E-state index in [1.807, 2.05) is 0 Å². The summed E-state index contributed by atoms with van der Waals surface area (Å²) >= 11 is 0. The van der Waals surface area contributed by atoms with E-state index in [2.05, 4.69) is 35.6 Å². The number of primary amides is 1.